The second kappa shape index (κ2) is 16.3. The summed E-state index contributed by atoms with van der Waals surface area (Å²) in [6, 6.07) is 64.4. The van der Waals surface area contributed by atoms with Gasteiger partial charge < -0.3 is 0 Å². The van der Waals surface area contributed by atoms with E-state index in [2.05, 4.69) is 196 Å². The van der Waals surface area contributed by atoms with Crippen molar-refractivity contribution in [1.29, 1.82) is 0 Å². The van der Waals surface area contributed by atoms with Crippen LogP contribution in [0.2, 0.25) is 0 Å². The predicted molar refractivity (Wildman–Crippen MR) is 199 cm³/mol. The summed E-state index contributed by atoms with van der Waals surface area (Å²) in [6.07, 6.45) is 0. The summed E-state index contributed by atoms with van der Waals surface area (Å²) >= 11 is 0. The van der Waals surface area contributed by atoms with Crippen LogP contribution in [-0.2, 0) is 26.2 Å². The van der Waals surface area contributed by atoms with E-state index in [0.29, 0.717) is 0 Å². The maximum absolute atomic E-state index is 2.26. The zero-order valence-electron chi connectivity index (χ0n) is 26.4. The molecular formula is C44H37SiZr. The van der Waals surface area contributed by atoms with Crippen LogP contribution in [0, 0.1) is 13.8 Å². The number of benzene rings is 6. The third kappa shape index (κ3) is 8.46. The second-order valence-corrected chi connectivity index (χ2v) is 13.0. The van der Waals surface area contributed by atoms with Gasteiger partial charge in [0, 0.05) is 0 Å². The van der Waals surface area contributed by atoms with Crippen LogP contribution in [0.25, 0.3) is 43.8 Å². The third-order valence-electron chi connectivity index (χ3n) is 7.89. The van der Waals surface area contributed by atoms with E-state index in [1.54, 1.807) is 0 Å². The quantitative estimate of drug-likeness (QED) is 0.128. The minimum absolute atomic E-state index is 0. The molecule has 0 N–H and O–H groups in total. The molecule has 0 aliphatic rings. The molecule has 221 valence electrons. The number of hydrogen-bond acceptors (Lipinski definition) is 0. The van der Waals surface area contributed by atoms with Crippen LogP contribution in [0.3, 0.4) is 0 Å². The fourth-order valence-corrected chi connectivity index (χ4v) is 7.01. The van der Waals surface area contributed by atoms with Crippen LogP contribution in [-0.4, -0.2) is 9.52 Å². The van der Waals surface area contributed by atoms with Gasteiger partial charge in [-0.25, -0.2) is 0 Å². The van der Waals surface area contributed by atoms with E-state index in [0.717, 1.165) is 0 Å². The molecule has 0 aliphatic heterocycles. The molecule has 0 spiro atoms. The number of hydrogen-bond donors (Lipinski definition) is 0. The molecule has 2 heteroatoms. The average molecular weight is 685 g/mol. The molecular weight excluding hydrogens is 648 g/mol. The van der Waals surface area contributed by atoms with Gasteiger partial charge in [0.1, 0.15) is 9.52 Å². The molecule has 0 atom stereocenters. The van der Waals surface area contributed by atoms with Gasteiger partial charge in [0.2, 0.25) is 0 Å². The molecule has 46 heavy (non-hydrogen) atoms. The number of rotatable bonds is 4. The summed E-state index contributed by atoms with van der Waals surface area (Å²) in [6.45, 7) is 4.30. The summed E-state index contributed by atoms with van der Waals surface area (Å²) < 4.78 is 0. The van der Waals surface area contributed by atoms with Gasteiger partial charge >= 0.3 is 26.2 Å². The maximum atomic E-state index is 2.26. The molecule has 8 rings (SSSR count). The first-order valence-electron chi connectivity index (χ1n) is 15.5. The van der Waals surface area contributed by atoms with E-state index >= 15 is 0 Å². The van der Waals surface area contributed by atoms with Crippen LogP contribution in [0.1, 0.15) is 11.1 Å². The van der Waals surface area contributed by atoms with E-state index in [1.165, 1.54) is 65.3 Å². The number of aryl methyl sites for hydroxylation is 2. The molecule has 0 nitrogen and oxygen atoms in total. The van der Waals surface area contributed by atoms with Crippen molar-refractivity contribution in [2.75, 3.05) is 0 Å². The number of fused-ring (bicyclic) bond motifs is 2. The van der Waals surface area contributed by atoms with Crippen molar-refractivity contribution in [2.45, 2.75) is 13.8 Å². The van der Waals surface area contributed by atoms with Crippen LogP contribution < -0.4 is 10.4 Å². The van der Waals surface area contributed by atoms with Gasteiger partial charge in [-0.05, 0) is 11.1 Å². The van der Waals surface area contributed by atoms with E-state index < -0.39 is 0 Å². The van der Waals surface area contributed by atoms with Crippen molar-refractivity contribution < 1.29 is 26.2 Å². The van der Waals surface area contributed by atoms with Crippen molar-refractivity contribution in [3.05, 3.63) is 193 Å². The van der Waals surface area contributed by atoms with Crippen LogP contribution in [0.5, 0.6) is 0 Å². The smallest absolute Gasteiger partial charge is 0.165 e. The third-order valence-corrected chi connectivity index (χ3v) is 9.33. The fraction of sp³-hybridized carbons (Fsp3) is 0.0455. The molecule has 0 aromatic heterocycles. The molecule has 0 heterocycles. The Morgan fingerprint density at radius 1 is 0.391 bits per heavy atom. The SMILES string of the molecule is Cc1cc2c(-c3ccccc3)cccc2[cH-]1.Cc1cc2c(-c3ccccc3)cccc2[cH-]1.[Zr+2].c1ccc([SiH]c2ccccc2)cc1. The van der Waals surface area contributed by atoms with Crippen molar-refractivity contribution in [3.63, 3.8) is 0 Å². The first kappa shape index (κ1) is 33.0. The minimum atomic E-state index is 0. The van der Waals surface area contributed by atoms with Gasteiger partial charge in [-0.3, -0.25) is 0 Å². The zero-order chi connectivity index (χ0) is 30.8. The Balaban J connectivity index is 0.000000135. The molecule has 0 saturated carbocycles. The molecule has 1 radical (unpaired) electrons. The molecule has 8 aromatic carbocycles. The van der Waals surface area contributed by atoms with Gasteiger partial charge in [-0.2, -0.15) is 12.1 Å². The summed E-state index contributed by atoms with van der Waals surface area (Å²) in [7, 11) is 0.271. The topological polar surface area (TPSA) is 0 Å². The van der Waals surface area contributed by atoms with Crippen LogP contribution in [0.4, 0.5) is 0 Å². The van der Waals surface area contributed by atoms with Gasteiger partial charge in [0.05, 0.1) is 0 Å². The van der Waals surface area contributed by atoms with Crippen LogP contribution >= 0.6 is 0 Å². The Hall–Kier alpha value is -4.36. The van der Waals surface area contributed by atoms with E-state index in [1.807, 2.05) is 0 Å². The monoisotopic (exact) mass is 683 g/mol. The molecule has 0 saturated heterocycles. The summed E-state index contributed by atoms with van der Waals surface area (Å²) in [5, 5.41) is 8.28. The first-order valence-corrected chi connectivity index (χ1v) is 16.7. The molecule has 0 unspecified atom stereocenters. The summed E-state index contributed by atoms with van der Waals surface area (Å²) in [4.78, 5) is 0. The zero-order valence-corrected chi connectivity index (χ0v) is 30.0. The summed E-state index contributed by atoms with van der Waals surface area (Å²) in [5.74, 6) is 0. The van der Waals surface area contributed by atoms with E-state index in [9.17, 15) is 0 Å². The Morgan fingerprint density at radius 3 is 1.11 bits per heavy atom. The first-order chi connectivity index (χ1) is 22.1. The molecule has 0 bridgehead atoms. The van der Waals surface area contributed by atoms with Crippen molar-refractivity contribution in [2.24, 2.45) is 0 Å². The van der Waals surface area contributed by atoms with Gasteiger partial charge in [-0.1, -0.05) is 169 Å². The largest absolute Gasteiger partial charge is 2.00 e. The molecule has 0 fully saturated rings. The molecule has 0 aliphatic carbocycles. The Bertz CT molecular complexity index is 1920. The van der Waals surface area contributed by atoms with E-state index in [4.69, 9.17) is 0 Å². The van der Waals surface area contributed by atoms with E-state index in [-0.39, 0.29) is 35.7 Å². The Kier molecular flexibility index (Phi) is 11.7. The second-order valence-electron chi connectivity index (χ2n) is 11.4. The average Bonchev–Trinajstić information content (AvgIpc) is 3.68. The normalized spacial score (nSPS) is 10.3. The Morgan fingerprint density at radius 2 is 0.739 bits per heavy atom. The van der Waals surface area contributed by atoms with Gasteiger partial charge in [0.25, 0.3) is 0 Å². The Labute approximate surface area is 295 Å². The van der Waals surface area contributed by atoms with Gasteiger partial charge in [-0.15, -0.1) is 69.1 Å². The standard InChI is InChI=1S/2C16H13.C12H11Si.Zr/c2*1-12-10-14-8-5-9-15(16(14)11-12)13-6-3-2-4-7-13;1-3-7-11(8-4-1)13-12-9-5-2-6-10-12;/h2*2-11H,1H3;1-10,13H;/q2*-1;;+2. The fourth-order valence-electron chi connectivity index (χ4n) is 5.80. The van der Waals surface area contributed by atoms with Crippen molar-refractivity contribution in [1.82, 2.24) is 0 Å². The summed E-state index contributed by atoms with van der Waals surface area (Å²) in [5.41, 5.74) is 7.89. The van der Waals surface area contributed by atoms with Gasteiger partial charge in [0.15, 0.2) is 0 Å². The molecule has 8 aromatic rings. The minimum Gasteiger partial charge on any atom is -0.165 e. The van der Waals surface area contributed by atoms with Crippen molar-refractivity contribution >= 4 is 41.4 Å². The predicted octanol–water partition coefficient (Wildman–Crippen LogP) is 10.1. The van der Waals surface area contributed by atoms with Crippen LogP contribution in [0.15, 0.2) is 182 Å². The van der Waals surface area contributed by atoms with Crippen molar-refractivity contribution in [3.8, 4) is 22.3 Å². The molecule has 0 amide bonds. The maximum Gasteiger partial charge on any atom is 2.00 e.